The van der Waals surface area contributed by atoms with Crippen molar-refractivity contribution in [3.63, 3.8) is 0 Å². The van der Waals surface area contributed by atoms with Crippen LogP contribution in [0.1, 0.15) is 28.9 Å². The van der Waals surface area contributed by atoms with Crippen LogP contribution in [0.4, 0.5) is 0 Å². The maximum atomic E-state index is 13.1. The number of pyridine rings is 1. The molecule has 0 saturated carbocycles. The molecule has 31 heavy (non-hydrogen) atoms. The second kappa shape index (κ2) is 9.04. The van der Waals surface area contributed by atoms with Gasteiger partial charge in [-0.2, -0.15) is 0 Å². The van der Waals surface area contributed by atoms with E-state index in [9.17, 15) is 9.59 Å². The molecule has 0 spiro atoms. The van der Waals surface area contributed by atoms with E-state index in [-0.39, 0.29) is 11.8 Å². The molecule has 1 N–H and O–H groups in total. The van der Waals surface area contributed by atoms with Crippen LogP contribution in [0.5, 0.6) is 0 Å². The first-order valence-electron chi connectivity index (χ1n) is 10.4. The standard InChI is InChI=1S/C24H25N5O2/c1-25-23(31)24(8-4-12-29(17-24)22(30)21-16-27-10-11-28-21)14-18-5-2-6-19(13-18)20-7-3-9-26-15-20/h2-3,5-7,9-11,13,15-16H,4,8,12,14,17H2,1H3,(H,25,31). The summed E-state index contributed by atoms with van der Waals surface area (Å²) in [6.45, 7) is 0.947. The molecular weight excluding hydrogens is 390 g/mol. The van der Waals surface area contributed by atoms with Crippen molar-refractivity contribution < 1.29 is 9.59 Å². The van der Waals surface area contributed by atoms with Gasteiger partial charge >= 0.3 is 0 Å². The van der Waals surface area contributed by atoms with Crippen molar-refractivity contribution in [1.82, 2.24) is 25.2 Å². The zero-order valence-electron chi connectivity index (χ0n) is 17.5. The fraction of sp³-hybridized carbons (Fsp3) is 0.292. The molecule has 158 valence electrons. The third kappa shape index (κ3) is 4.45. The topological polar surface area (TPSA) is 88.1 Å². The molecule has 1 unspecified atom stereocenters. The number of hydrogen-bond donors (Lipinski definition) is 1. The SMILES string of the molecule is CNC(=O)C1(Cc2cccc(-c3cccnc3)c2)CCCN(C(=O)c2cnccn2)C1. The molecule has 7 nitrogen and oxygen atoms in total. The fourth-order valence-electron chi connectivity index (χ4n) is 4.34. The first-order valence-corrected chi connectivity index (χ1v) is 10.4. The zero-order valence-corrected chi connectivity index (χ0v) is 17.5. The number of carbonyl (C=O) groups is 2. The molecule has 1 fully saturated rings. The Labute approximate surface area is 181 Å². The molecule has 0 radical (unpaired) electrons. The van der Waals surface area contributed by atoms with Crippen LogP contribution in [0.2, 0.25) is 0 Å². The molecule has 2 amide bonds. The summed E-state index contributed by atoms with van der Waals surface area (Å²) in [6, 6.07) is 12.1. The van der Waals surface area contributed by atoms with Crippen molar-refractivity contribution in [2.24, 2.45) is 5.41 Å². The Hall–Kier alpha value is -3.61. The van der Waals surface area contributed by atoms with Crippen LogP contribution in [0, 0.1) is 5.41 Å². The van der Waals surface area contributed by atoms with Gasteiger partial charge in [0.1, 0.15) is 5.69 Å². The van der Waals surface area contributed by atoms with Gasteiger partial charge in [-0.25, -0.2) is 4.98 Å². The third-order valence-electron chi connectivity index (χ3n) is 5.82. The van der Waals surface area contributed by atoms with E-state index in [4.69, 9.17) is 0 Å². The van der Waals surface area contributed by atoms with Crippen LogP contribution in [0.15, 0.2) is 67.4 Å². The van der Waals surface area contributed by atoms with Gasteiger partial charge in [0, 0.05) is 44.9 Å². The Bertz CT molecular complexity index is 1060. The van der Waals surface area contributed by atoms with Gasteiger partial charge in [-0.1, -0.05) is 30.3 Å². The van der Waals surface area contributed by atoms with Gasteiger partial charge < -0.3 is 10.2 Å². The smallest absolute Gasteiger partial charge is 0.274 e. The molecule has 1 aliphatic rings. The number of benzene rings is 1. The van der Waals surface area contributed by atoms with Crippen LogP contribution in [-0.4, -0.2) is 51.8 Å². The maximum absolute atomic E-state index is 13.1. The number of rotatable bonds is 5. The minimum absolute atomic E-state index is 0.0454. The van der Waals surface area contributed by atoms with Crippen molar-refractivity contribution in [2.75, 3.05) is 20.1 Å². The van der Waals surface area contributed by atoms with Crippen molar-refractivity contribution in [3.8, 4) is 11.1 Å². The highest BCUT2D eigenvalue weighted by molar-refractivity contribution is 5.93. The largest absolute Gasteiger partial charge is 0.359 e. The summed E-state index contributed by atoms with van der Waals surface area (Å²) in [5, 5.41) is 2.83. The van der Waals surface area contributed by atoms with E-state index in [0.29, 0.717) is 31.6 Å². The van der Waals surface area contributed by atoms with Crippen LogP contribution >= 0.6 is 0 Å². The Morgan fingerprint density at radius 2 is 1.90 bits per heavy atom. The predicted octanol–water partition coefficient (Wildman–Crippen LogP) is 2.75. The number of aromatic nitrogens is 3. The monoisotopic (exact) mass is 415 g/mol. The van der Waals surface area contributed by atoms with Gasteiger partial charge in [-0.15, -0.1) is 0 Å². The van der Waals surface area contributed by atoms with E-state index in [1.54, 1.807) is 18.1 Å². The molecule has 1 aliphatic heterocycles. The molecule has 0 bridgehead atoms. The average Bonchev–Trinajstić information content (AvgIpc) is 2.84. The molecule has 7 heteroatoms. The second-order valence-electron chi connectivity index (χ2n) is 7.90. The summed E-state index contributed by atoms with van der Waals surface area (Å²) in [7, 11) is 1.65. The first-order chi connectivity index (χ1) is 15.1. The van der Waals surface area contributed by atoms with Crippen molar-refractivity contribution in [2.45, 2.75) is 19.3 Å². The highest BCUT2D eigenvalue weighted by Crippen LogP contribution is 2.35. The van der Waals surface area contributed by atoms with Crippen molar-refractivity contribution in [3.05, 3.63) is 78.6 Å². The van der Waals surface area contributed by atoms with Crippen molar-refractivity contribution >= 4 is 11.8 Å². The van der Waals surface area contributed by atoms with E-state index in [2.05, 4.69) is 26.3 Å². The van der Waals surface area contributed by atoms with Crippen LogP contribution in [0.3, 0.4) is 0 Å². The lowest BCUT2D eigenvalue weighted by Gasteiger charge is -2.41. The lowest BCUT2D eigenvalue weighted by molar-refractivity contribution is -0.133. The van der Waals surface area contributed by atoms with Gasteiger partial charge in [-0.05, 0) is 42.0 Å². The lowest BCUT2D eigenvalue weighted by atomic mass is 9.74. The number of nitrogens with zero attached hydrogens (tertiary/aromatic N) is 4. The zero-order chi connectivity index (χ0) is 21.7. The summed E-state index contributed by atoms with van der Waals surface area (Å²) in [5.41, 5.74) is 2.74. The molecule has 1 aromatic carbocycles. The molecule has 2 aromatic heterocycles. The number of piperidine rings is 1. The second-order valence-corrected chi connectivity index (χ2v) is 7.90. The molecule has 0 aliphatic carbocycles. The summed E-state index contributed by atoms with van der Waals surface area (Å²) >= 11 is 0. The summed E-state index contributed by atoms with van der Waals surface area (Å²) < 4.78 is 0. The Balaban J connectivity index is 1.61. The Kier molecular flexibility index (Phi) is 6.02. The highest BCUT2D eigenvalue weighted by Gasteiger charge is 2.43. The van der Waals surface area contributed by atoms with E-state index in [0.717, 1.165) is 23.1 Å². The Morgan fingerprint density at radius 3 is 2.65 bits per heavy atom. The first kappa shape index (κ1) is 20.7. The van der Waals surface area contributed by atoms with E-state index >= 15 is 0 Å². The number of hydrogen-bond acceptors (Lipinski definition) is 5. The number of amides is 2. The summed E-state index contributed by atoms with van der Waals surface area (Å²) in [4.78, 5) is 40.1. The summed E-state index contributed by atoms with van der Waals surface area (Å²) in [6.07, 6.45) is 10.1. The van der Waals surface area contributed by atoms with Crippen LogP contribution in [-0.2, 0) is 11.2 Å². The summed E-state index contributed by atoms with van der Waals surface area (Å²) in [5.74, 6) is -0.235. The molecule has 3 heterocycles. The molecule has 3 aromatic rings. The minimum atomic E-state index is -0.696. The van der Waals surface area contributed by atoms with E-state index in [1.165, 1.54) is 18.6 Å². The number of carbonyl (C=O) groups excluding carboxylic acids is 2. The highest BCUT2D eigenvalue weighted by atomic mass is 16.2. The minimum Gasteiger partial charge on any atom is -0.359 e. The van der Waals surface area contributed by atoms with Gasteiger partial charge in [0.25, 0.3) is 5.91 Å². The van der Waals surface area contributed by atoms with Crippen LogP contribution in [0.25, 0.3) is 11.1 Å². The lowest BCUT2D eigenvalue weighted by Crippen LogP contribution is -2.54. The molecular formula is C24H25N5O2. The van der Waals surface area contributed by atoms with Gasteiger partial charge in [0.2, 0.25) is 5.91 Å². The quantitative estimate of drug-likeness (QED) is 0.692. The average molecular weight is 415 g/mol. The van der Waals surface area contributed by atoms with E-state index in [1.807, 2.05) is 36.5 Å². The maximum Gasteiger partial charge on any atom is 0.274 e. The molecule has 4 rings (SSSR count). The molecule has 1 saturated heterocycles. The van der Waals surface area contributed by atoms with Gasteiger partial charge in [0.05, 0.1) is 11.6 Å². The Morgan fingerprint density at radius 1 is 1.06 bits per heavy atom. The van der Waals surface area contributed by atoms with Crippen molar-refractivity contribution in [1.29, 1.82) is 0 Å². The van der Waals surface area contributed by atoms with Gasteiger partial charge in [-0.3, -0.25) is 19.6 Å². The predicted molar refractivity (Wildman–Crippen MR) is 117 cm³/mol. The molecule has 1 atom stereocenters. The van der Waals surface area contributed by atoms with Crippen LogP contribution < -0.4 is 5.32 Å². The third-order valence-corrected chi connectivity index (χ3v) is 5.82. The number of nitrogens with one attached hydrogen (secondary N) is 1. The number of likely N-dealkylation sites (tertiary alicyclic amines) is 1. The van der Waals surface area contributed by atoms with Gasteiger partial charge in [0.15, 0.2) is 0 Å². The normalized spacial score (nSPS) is 18.4. The van der Waals surface area contributed by atoms with E-state index < -0.39 is 5.41 Å². The fourth-order valence-corrected chi connectivity index (χ4v) is 4.34.